The van der Waals surface area contributed by atoms with Crippen LogP contribution in [0.1, 0.15) is 194 Å². The van der Waals surface area contributed by atoms with Gasteiger partial charge in [-0.3, -0.25) is 4.79 Å². The van der Waals surface area contributed by atoms with E-state index in [1.54, 1.807) is 0 Å². The molecule has 2 aliphatic rings. The van der Waals surface area contributed by atoms with Crippen molar-refractivity contribution in [2.24, 2.45) is 0 Å². The van der Waals surface area contributed by atoms with Crippen molar-refractivity contribution in [1.29, 1.82) is 0 Å². The number of ether oxygens (including phenoxy) is 6. The summed E-state index contributed by atoms with van der Waals surface area (Å²) in [5, 5.41) is 72.0. The summed E-state index contributed by atoms with van der Waals surface area (Å²) in [6.07, 6.45) is 29.6. The van der Waals surface area contributed by atoms with Crippen molar-refractivity contribution in [3.63, 3.8) is 0 Å². The summed E-state index contributed by atoms with van der Waals surface area (Å²) >= 11 is 0. The Labute approximate surface area is 404 Å². The summed E-state index contributed by atoms with van der Waals surface area (Å²) in [6, 6.07) is 0. The molecule has 0 bridgehead atoms. The second-order valence-corrected chi connectivity index (χ2v) is 18.7. The average molecular weight is 957 g/mol. The van der Waals surface area contributed by atoms with Gasteiger partial charge in [-0.15, -0.1) is 0 Å². The molecule has 0 amide bonds. The van der Waals surface area contributed by atoms with E-state index in [0.29, 0.717) is 13.0 Å². The molecule has 0 radical (unpaired) electrons. The number of rotatable bonds is 42. The maximum absolute atomic E-state index is 12.9. The van der Waals surface area contributed by atoms with Gasteiger partial charge < -0.3 is 64.2 Å². The monoisotopic (exact) mass is 957 g/mol. The van der Waals surface area contributed by atoms with Crippen LogP contribution in [0.3, 0.4) is 0 Å². The fourth-order valence-electron chi connectivity index (χ4n) is 8.29. The van der Waals surface area contributed by atoms with Crippen LogP contribution in [0.4, 0.5) is 0 Å². The van der Waals surface area contributed by atoms with Crippen molar-refractivity contribution in [3.05, 3.63) is 36.5 Å². The number of aliphatic hydroxyl groups is 7. The lowest BCUT2D eigenvalue weighted by Crippen LogP contribution is -2.61. The van der Waals surface area contributed by atoms with Gasteiger partial charge in [0, 0.05) is 13.0 Å². The maximum Gasteiger partial charge on any atom is 0.306 e. The molecule has 7 N–H and O–H groups in total. The van der Waals surface area contributed by atoms with Crippen LogP contribution in [-0.2, 0) is 33.2 Å². The number of unbranched alkanes of at least 4 members (excludes halogenated alkanes) is 22. The van der Waals surface area contributed by atoms with Gasteiger partial charge in [0.15, 0.2) is 12.6 Å². The second-order valence-electron chi connectivity index (χ2n) is 18.7. The smallest absolute Gasteiger partial charge is 0.306 e. The molecule has 2 rings (SSSR count). The predicted molar refractivity (Wildman–Crippen MR) is 261 cm³/mol. The number of esters is 1. The maximum atomic E-state index is 12.9. The zero-order valence-electron chi connectivity index (χ0n) is 41.6. The first-order chi connectivity index (χ1) is 32.6. The van der Waals surface area contributed by atoms with Crippen molar-refractivity contribution in [1.82, 2.24) is 0 Å². The van der Waals surface area contributed by atoms with Gasteiger partial charge in [-0.1, -0.05) is 172 Å². The van der Waals surface area contributed by atoms with Gasteiger partial charge in [0.25, 0.3) is 0 Å². The molecule has 0 aromatic heterocycles. The lowest BCUT2D eigenvalue weighted by molar-refractivity contribution is -0.332. The zero-order chi connectivity index (χ0) is 48.7. The molecule has 14 nitrogen and oxygen atoms in total. The first-order valence-corrected chi connectivity index (χ1v) is 26.6. The Bertz CT molecular complexity index is 1250. The second kappa shape index (κ2) is 40.9. The lowest BCUT2D eigenvalue weighted by Gasteiger charge is -2.42. The van der Waals surface area contributed by atoms with Crippen molar-refractivity contribution in [2.45, 2.75) is 261 Å². The minimum Gasteiger partial charge on any atom is -0.457 e. The van der Waals surface area contributed by atoms with Gasteiger partial charge >= 0.3 is 5.97 Å². The number of hydrogen-bond acceptors (Lipinski definition) is 14. The van der Waals surface area contributed by atoms with Crippen LogP contribution >= 0.6 is 0 Å². The average Bonchev–Trinajstić information content (AvgIpc) is 3.32. The summed E-state index contributed by atoms with van der Waals surface area (Å²) in [6.45, 7) is 3.62. The van der Waals surface area contributed by atoms with E-state index >= 15 is 0 Å². The third-order valence-corrected chi connectivity index (χ3v) is 12.7. The number of allylic oxidation sites excluding steroid dienone is 6. The topological polar surface area (TPSA) is 214 Å². The van der Waals surface area contributed by atoms with E-state index in [9.17, 15) is 40.5 Å². The van der Waals surface area contributed by atoms with Crippen LogP contribution in [0.2, 0.25) is 0 Å². The van der Waals surface area contributed by atoms with E-state index in [0.717, 1.165) is 51.4 Å². The molecule has 0 saturated carbocycles. The standard InChI is InChI=1S/C53H96O14/c1-3-5-7-9-11-12-13-14-15-16-17-18-19-20-21-22-23-24-25-26-27-28-29-31-33-35-37-62-39-42(65-45(55)36-34-32-30-10-8-6-4-2)40-63-52-51(61)49(59)47(57)44(67-52)41-64-53-50(60)48(58)46(56)43(38-54)66-53/h13-14,16-17,19-20,42-44,46-54,56-61H,3-12,15,18,21-41H2,1-2H3/b14-13-,17-16-,20-19-. The zero-order valence-corrected chi connectivity index (χ0v) is 41.6. The SMILES string of the molecule is CCCCCCC/C=C\C/C=C\C/C=C\CCCCCCCCCCCCCOCC(COC1OC(COC2OC(CO)C(O)C(O)C2O)C(O)C(O)C1O)OC(=O)CCCCCCCCC. The molecule has 11 unspecified atom stereocenters. The molecule has 0 aromatic carbocycles. The van der Waals surface area contributed by atoms with Gasteiger partial charge in [0.05, 0.1) is 26.4 Å². The molecule has 2 heterocycles. The highest BCUT2D eigenvalue weighted by atomic mass is 16.7. The van der Waals surface area contributed by atoms with E-state index in [2.05, 4.69) is 50.3 Å². The predicted octanol–water partition coefficient (Wildman–Crippen LogP) is 8.19. The van der Waals surface area contributed by atoms with Gasteiger partial charge in [-0.2, -0.15) is 0 Å². The Morgan fingerprint density at radius 1 is 0.493 bits per heavy atom. The van der Waals surface area contributed by atoms with Crippen molar-refractivity contribution in [2.75, 3.05) is 33.0 Å². The van der Waals surface area contributed by atoms with E-state index in [1.165, 1.54) is 116 Å². The number of hydrogen-bond donors (Lipinski definition) is 7. The lowest BCUT2D eigenvalue weighted by atomic mass is 9.98. The molecular weight excluding hydrogens is 861 g/mol. The number of aliphatic hydroxyl groups excluding tert-OH is 7. The highest BCUT2D eigenvalue weighted by Gasteiger charge is 2.47. The molecule has 67 heavy (non-hydrogen) atoms. The molecule has 2 aliphatic heterocycles. The summed E-state index contributed by atoms with van der Waals surface area (Å²) in [5.74, 6) is -0.384. The van der Waals surface area contributed by atoms with Gasteiger partial charge in [0.2, 0.25) is 0 Å². The molecule has 0 spiro atoms. The number of carbonyl (C=O) groups excluding carboxylic acids is 1. The van der Waals surface area contributed by atoms with Crippen LogP contribution in [0, 0.1) is 0 Å². The largest absolute Gasteiger partial charge is 0.457 e. The molecular formula is C53H96O14. The Hall–Kier alpha value is -1.79. The van der Waals surface area contributed by atoms with E-state index in [1.807, 2.05) is 0 Å². The van der Waals surface area contributed by atoms with Gasteiger partial charge in [-0.05, 0) is 51.4 Å². The summed E-state index contributed by atoms with van der Waals surface area (Å²) in [7, 11) is 0. The fraction of sp³-hybridized carbons (Fsp3) is 0.868. The highest BCUT2D eigenvalue weighted by Crippen LogP contribution is 2.26. The summed E-state index contributed by atoms with van der Waals surface area (Å²) < 4.78 is 34.2. The fourth-order valence-corrected chi connectivity index (χ4v) is 8.29. The third-order valence-electron chi connectivity index (χ3n) is 12.7. The van der Waals surface area contributed by atoms with Crippen molar-refractivity contribution in [3.8, 4) is 0 Å². The van der Waals surface area contributed by atoms with E-state index in [4.69, 9.17) is 28.4 Å². The normalized spacial score (nSPS) is 26.3. The van der Waals surface area contributed by atoms with Crippen LogP contribution < -0.4 is 0 Å². The molecule has 0 aliphatic carbocycles. The molecule has 14 heteroatoms. The Morgan fingerprint density at radius 2 is 0.925 bits per heavy atom. The summed E-state index contributed by atoms with van der Waals surface area (Å²) in [4.78, 5) is 12.9. The molecule has 11 atom stereocenters. The van der Waals surface area contributed by atoms with E-state index < -0.39 is 80.7 Å². The Kier molecular flexibility index (Phi) is 37.4. The molecule has 2 fully saturated rings. The third kappa shape index (κ3) is 28.6. The van der Waals surface area contributed by atoms with Crippen molar-refractivity contribution < 1.29 is 69.0 Å². The first-order valence-electron chi connectivity index (χ1n) is 26.6. The number of carbonyl (C=O) groups is 1. The van der Waals surface area contributed by atoms with Crippen molar-refractivity contribution >= 4 is 5.97 Å². The molecule has 392 valence electrons. The summed E-state index contributed by atoms with van der Waals surface area (Å²) in [5.41, 5.74) is 0. The van der Waals surface area contributed by atoms with Crippen LogP contribution in [-0.4, -0.2) is 142 Å². The minimum atomic E-state index is -1.70. The van der Waals surface area contributed by atoms with Gasteiger partial charge in [0.1, 0.15) is 54.9 Å². The minimum absolute atomic E-state index is 0.0610. The van der Waals surface area contributed by atoms with Crippen LogP contribution in [0.15, 0.2) is 36.5 Å². The van der Waals surface area contributed by atoms with Gasteiger partial charge in [-0.25, -0.2) is 0 Å². The van der Waals surface area contributed by atoms with Crippen LogP contribution in [0.5, 0.6) is 0 Å². The molecule has 2 saturated heterocycles. The first kappa shape index (κ1) is 61.3. The Balaban J connectivity index is 1.64. The van der Waals surface area contributed by atoms with E-state index in [-0.39, 0.29) is 25.6 Å². The molecule has 0 aromatic rings. The van der Waals surface area contributed by atoms with Crippen LogP contribution in [0.25, 0.3) is 0 Å². The highest BCUT2D eigenvalue weighted by molar-refractivity contribution is 5.69. The Morgan fingerprint density at radius 3 is 1.45 bits per heavy atom. The quantitative estimate of drug-likeness (QED) is 0.0175.